The molecule has 1 amide bonds. The molecule has 0 aromatic heterocycles. The second kappa shape index (κ2) is 7.27. The molecule has 0 N–H and O–H groups in total. The maximum Gasteiger partial charge on any atom is 0.248 e. The van der Waals surface area contributed by atoms with Gasteiger partial charge in [-0.1, -0.05) is 26.7 Å². The normalized spacial score (nSPS) is 17.6. The van der Waals surface area contributed by atoms with Gasteiger partial charge in [0.25, 0.3) is 0 Å². The molecule has 0 aliphatic carbocycles. The SMILES string of the molecule is CCCC(CS)(CCC)CN1CCOCC1=O. The summed E-state index contributed by atoms with van der Waals surface area (Å²) in [6.07, 6.45) is 4.60. The van der Waals surface area contributed by atoms with Crippen LogP contribution in [0.1, 0.15) is 39.5 Å². The predicted molar refractivity (Wildman–Crippen MR) is 73.5 cm³/mol. The molecule has 1 aliphatic heterocycles. The molecule has 1 heterocycles. The van der Waals surface area contributed by atoms with Gasteiger partial charge >= 0.3 is 0 Å². The third-order valence-corrected chi connectivity index (χ3v) is 4.18. The molecular weight excluding hydrogens is 234 g/mol. The molecule has 0 unspecified atom stereocenters. The Kier molecular flexibility index (Phi) is 6.34. The first-order valence-electron chi connectivity index (χ1n) is 6.64. The van der Waals surface area contributed by atoms with E-state index in [4.69, 9.17) is 4.74 Å². The summed E-state index contributed by atoms with van der Waals surface area (Å²) in [5, 5.41) is 0. The highest BCUT2D eigenvalue weighted by Crippen LogP contribution is 2.32. The van der Waals surface area contributed by atoms with Crippen molar-refractivity contribution in [1.29, 1.82) is 0 Å². The molecule has 4 heteroatoms. The van der Waals surface area contributed by atoms with E-state index in [9.17, 15) is 4.79 Å². The molecule has 1 rings (SSSR count). The zero-order chi connectivity index (χ0) is 12.7. The lowest BCUT2D eigenvalue weighted by atomic mass is 9.80. The van der Waals surface area contributed by atoms with Gasteiger partial charge in [-0.3, -0.25) is 4.79 Å². The van der Waals surface area contributed by atoms with E-state index in [-0.39, 0.29) is 17.9 Å². The van der Waals surface area contributed by atoms with Gasteiger partial charge in [-0.25, -0.2) is 0 Å². The molecule has 0 atom stereocenters. The van der Waals surface area contributed by atoms with Crippen LogP contribution in [0.3, 0.4) is 0 Å². The van der Waals surface area contributed by atoms with Gasteiger partial charge in [-0.2, -0.15) is 12.6 Å². The van der Waals surface area contributed by atoms with Gasteiger partial charge in [0.2, 0.25) is 5.91 Å². The molecule has 0 radical (unpaired) electrons. The number of carbonyl (C=O) groups is 1. The maximum atomic E-state index is 11.8. The minimum atomic E-state index is 0.134. The largest absolute Gasteiger partial charge is 0.370 e. The average Bonchev–Trinajstić information content (AvgIpc) is 2.33. The highest BCUT2D eigenvalue weighted by molar-refractivity contribution is 7.80. The Morgan fingerprint density at radius 3 is 2.47 bits per heavy atom. The fraction of sp³-hybridized carbons (Fsp3) is 0.923. The van der Waals surface area contributed by atoms with E-state index in [1.165, 1.54) is 0 Å². The number of morpholine rings is 1. The molecule has 0 bridgehead atoms. The van der Waals surface area contributed by atoms with Gasteiger partial charge < -0.3 is 9.64 Å². The van der Waals surface area contributed by atoms with Crippen molar-refractivity contribution in [2.24, 2.45) is 5.41 Å². The Labute approximate surface area is 110 Å². The fourth-order valence-electron chi connectivity index (χ4n) is 2.67. The van der Waals surface area contributed by atoms with Gasteiger partial charge in [0.15, 0.2) is 0 Å². The van der Waals surface area contributed by atoms with Crippen LogP contribution < -0.4 is 0 Å². The summed E-state index contributed by atoms with van der Waals surface area (Å²) in [4.78, 5) is 13.7. The first-order valence-corrected chi connectivity index (χ1v) is 7.27. The standard InChI is InChI=1S/C13H25NO2S/c1-3-5-13(11-17,6-4-2)10-14-7-8-16-9-12(14)15/h17H,3-11H2,1-2H3. The lowest BCUT2D eigenvalue weighted by Gasteiger charge is -2.39. The number of hydrogen-bond acceptors (Lipinski definition) is 3. The van der Waals surface area contributed by atoms with Gasteiger partial charge in [0.1, 0.15) is 6.61 Å². The maximum absolute atomic E-state index is 11.8. The summed E-state index contributed by atoms with van der Waals surface area (Å²) in [6.45, 7) is 6.92. The second-order valence-corrected chi connectivity index (χ2v) is 5.34. The molecule has 1 fully saturated rings. The molecular formula is C13H25NO2S. The minimum Gasteiger partial charge on any atom is -0.370 e. The zero-order valence-corrected chi connectivity index (χ0v) is 12.0. The molecule has 0 spiro atoms. The first kappa shape index (κ1) is 14.8. The van der Waals surface area contributed by atoms with Crippen molar-refractivity contribution in [3.8, 4) is 0 Å². The molecule has 3 nitrogen and oxygen atoms in total. The van der Waals surface area contributed by atoms with Gasteiger partial charge in [0, 0.05) is 13.1 Å². The topological polar surface area (TPSA) is 29.5 Å². The summed E-state index contributed by atoms with van der Waals surface area (Å²) in [7, 11) is 0. The molecule has 1 saturated heterocycles. The van der Waals surface area contributed by atoms with Crippen LogP contribution in [0, 0.1) is 5.41 Å². The van der Waals surface area contributed by atoms with E-state index >= 15 is 0 Å². The summed E-state index contributed by atoms with van der Waals surface area (Å²) in [6, 6.07) is 0. The van der Waals surface area contributed by atoms with Crippen molar-refractivity contribution in [1.82, 2.24) is 4.90 Å². The van der Waals surface area contributed by atoms with Crippen molar-refractivity contribution in [3.05, 3.63) is 0 Å². The van der Waals surface area contributed by atoms with Crippen LogP contribution in [0.4, 0.5) is 0 Å². The van der Waals surface area contributed by atoms with Crippen molar-refractivity contribution in [3.63, 3.8) is 0 Å². The van der Waals surface area contributed by atoms with Crippen LogP contribution in [-0.4, -0.2) is 42.9 Å². The monoisotopic (exact) mass is 259 g/mol. The Balaban J connectivity index is 2.65. The number of ether oxygens (including phenoxy) is 1. The van der Waals surface area contributed by atoms with Crippen molar-refractivity contribution in [2.75, 3.05) is 32.1 Å². The highest BCUT2D eigenvalue weighted by atomic mass is 32.1. The molecule has 1 aliphatic rings. The molecule has 0 saturated carbocycles. The number of carbonyl (C=O) groups excluding carboxylic acids is 1. The summed E-state index contributed by atoms with van der Waals surface area (Å²) < 4.78 is 5.17. The number of rotatable bonds is 7. The van der Waals surface area contributed by atoms with Crippen LogP contribution in [0.5, 0.6) is 0 Å². The van der Waals surface area contributed by atoms with Gasteiger partial charge in [-0.05, 0) is 24.0 Å². The van der Waals surface area contributed by atoms with E-state index in [1.807, 2.05) is 4.90 Å². The minimum absolute atomic E-state index is 0.134. The third-order valence-electron chi connectivity index (χ3n) is 3.51. The highest BCUT2D eigenvalue weighted by Gasteiger charge is 2.32. The van der Waals surface area contributed by atoms with Gasteiger partial charge in [0.05, 0.1) is 6.61 Å². The Morgan fingerprint density at radius 1 is 1.35 bits per heavy atom. The first-order chi connectivity index (χ1) is 8.17. The van der Waals surface area contributed by atoms with Crippen molar-refractivity contribution >= 4 is 18.5 Å². The third kappa shape index (κ3) is 4.18. The van der Waals surface area contributed by atoms with Crippen LogP contribution in [0.2, 0.25) is 0 Å². The van der Waals surface area contributed by atoms with Crippen LogP contribution in [0.25, 0.3) is 0 Å². The Morgan fingerprint density at radius 2 is 2.00 bits per heavy atom. The predicted octanol–water partition coefficient (Wildman–Crippen LogP) is 2.36. The number of amides is 1. The Hall–Kier alpha value is -0.220. The molecule has 0 aromatic carbocycles. The summed E-state index contributed by atoms with van der Waals surface area (Å²) >= 11 is 4.53. The smallest absolute Gasteiger partial charge is 0.248 e. The molecule has 17 heavy (non-hydrogen) atoms. The number of hydrogen-bond donors (Lipinski definition) is 1. The fourth-order valence-corrected chi connectivity index (χ4v) is 3.09. The van der Waals surface area contributed by atoms with E-state index < -0.39 is 0 Å². The van der Waals surface area contributed by atoms with Crippen LogP contribution >= 0.6 is 12.6 Å². The number of thiol groups is 1. The van der Waals surface area contributed by atoms with Crippen LogP contribution in [-0.2, 0) is 9.53 Å². The number of nitrogens with zero attached hydrogens (tertiary/aromatic N) is 1. The Bertz CT molecular complexity index is 240. The molecule has 0 aromatic rings. The van der Waals surface area contributed by atoms with E-state index in [1.54, 1.807) is 0 Å². The molecule has 100 valence electrons. The zero-order valence-electron chi connectivity index (χ0n) is 11.1. The summed E-state index contributed by atoms with van der Waals surface area (Å²) in [5.41, 5.74) is 0.194. The van der Waals surface area contributed by atoms with E-state index in [0.29, 0.717) is 6.61 Å². The van der Waals surface area contributed by atoms with E-state index in [0.717, 1.165) is 44.5 Å². The van der Waals surface area contributed by atoms with Crippen molar-refractivity contribution in [2.45, 2.75) is 39.5 Å². The van der Waals surface area contributed by atoms with Gasteiger partial charge in [-0.15, -0.1) is 0 Å². The second-order valence-electron chi connectivity index (χ2n) is 5.03. The van der Waals surface area contributed by atoms with Crippen molar-refractivity contribution < 1.29 is 9.53 Å². The quantitative estimate of drug-likeness (QED) is 0.711. The lowest BCUT2D eigenvalue weighted by molar-refractivity contribution is -0.144. The lowest BCUT2D eigenvalue weighted by Crippen LogP contribution is -2.48. The summed E-state index contributed by atoms with van der Waals surface area (Å²) in [5.74, 6) is 0.994. The van der Waals surface area contributed by atoms with E-state index in [2.05, 4.69) is 26.5 Å². The average molecular weight is 259 g/mol. The van der Waals surface area contributed by atoms with Crippen LogP contribution in [0.15, 0.2) is 0 Å².